The maximum absolute atomic E-state index is 12.7. The predicted octanol–water partition coefficient (Wildman–Crippen LogP) is 1.00. The third-order valence-corrected chi connectivity index (χ3v) is 4.71. The van der Waals surface area contributed by atoms with Crippen LogP contribution in [0.3, 0.4) is 0 Å². The number of benzene rings is 1. The second kappa shape index (κ2) is 12.8. The molecule has 35 heavy (non-hydrogen) atoms. The fourth-order valence-corrected chi connectivity index (χ4v) is 3.44. The van der Waals surface area contributed by atoms with Gasteiger partial charge in [-0.3, -0.25) is 14.4 Å². The highest BCUT2D eigenvalue weighted by Crippen LogP contribution is 2.33. The summed E-state index contributed by atoms with van der Waals surface area (Å²) in [5, 5.41) is 0. The van der Waals surface area contributed by atoms with Crippen molar-refractivity contribution in [3.63, 3.8) is 0 Å². The second-order valence-corrected chi connectivity index (χ2v) is 7.35. The fraction of sp³-hybridized carbons (Fsp3) is 0.522. The number of ether oxygens (including phenoxy) is 7. The Morgan fingerprint density at radius 3 is 1.91 bits per heavy atom. The SMILES string of the molecule is CCOC(=O)C(O[C@@H]1O[C@H](C(=O)OC)[C@@H](OC(C)=O)[C@H](OC(C)=O)[C@H]1OC(C)=O)c1ccccc1. The molecule has 1 aliphatic rings. The van der Waals surface area contributed by atoms with Crippen molar-refractivity contribution in [2.24, 2.45) is 0 Å². The van der Waals surface area contributed by atoms with Gasteiger partial charge in [-0.1, -0.05) is 30.3 Å². The highest BCUT2D eigenvalue weighted by Gasteiger charge is 2.56. The van der Waals surface area contributed by atoms with Gasteiger partial charge in [-0.25, -0.2) is 9.59 Å². The average Bonchev–Trinajstić information content (AvgIpc) is 2.79. The van der Waals surface area contributed by atoms with Gasteiger partial charge < -0.3 is 33.2 Å². The minimum Gasteiger partial charge on any atom is -0.467 e. The van der Waals surface area contributed by atoms with E-state index in [-0.39, 0.29) is 6.61 Å². The Morgan fingerprint density at radius 2 is 1.40 bits per heavy atom. The van der Waals surface area contributed by atoms with E-state index in [0.717, 1.165) is 27.9 Å². The number of esters is 5. The number of hydrogen-bond donors (Lipinski definition) is 0. The molecular weight excluding hydrogens is 468 g/mol. The van der Waals surface area contributed by atoms with Gasteiger partial charge in [0.1, 0.15) is 0 Å². The molecule has 0 aliphatic carbocycles. The molecular formula is C23H28O12. The standard InChI is InChI=1S/C23H28O12/c1-6-30-22(28)16(15-10-8-7-9-11-15)34-23-20(33-14(4)26)18(32-13(3)25)17(31-12(2)24)19(35-23)21(27)29-5/h7-11,16-20,23H,6H2,1-5H3/t16?,17-,18-,19-,20+,23+/m0/s1. The molecule has 0 aromatic heterocycles. The molecule has 0 saturated carbocycles. The first kappa shape index (κ1) is 27.7. The summed E-state index contributed by atoms with van der Waals surface area (Å²) >= 11 is 0. The van der Waals surface area contributed by atoms with Crippen molar-refractivity contribution in [3.05, 3.63) is 35.9 Å². The number of methoxy groups -OCH3 is 1. The van der Waals surface area contributed by atoms with E-state index in [2.05, 4.69) is 0 Å². The number of hydrogen-bond acceptors (Lipinski definition) is 12. The molecule has 192 valence electrons. The summed E-state index contributed by atoms with van der Waals surface area (Å²) in [4.78, 5) is 60.8. The van der Waals surface area contributed by atoms with Crippen LogP contribution in [0.15, 0.2) is 30.3 Å². The smallest absolute Gasteiger partial charge is 0.340 e. The molecule has 1 unspecified atom stereocenters. The lowest BCUT2D eigenvalue weighted by atomic mass is 9.97. The molecule has 1 aromatic carbocycles. The molecule has 6 atom stereocenters. The van der Waals surface area contributed by atoms with Crippen LogP contribution < -0.4 is 0 Å². The average molecular weight is 496 g/mol. The Morgan fingerprint density at radius 1 is 0.857 bits per heavy atom. The lowest BCUT2D eigenvalue weighted by Gasteiger charge is -2.43. The summed E-state index contributed by atoms with van der Waals surface area (Å²) in [7, 11) is 1.07. The molecule has 0 spiro atoms. The highest BCUT2D eigenvalue weighted by atomic mass is 16.7. The van der Waals surface area contributed by atoms with Gasteiger partial charge in [-0.15, -0.1) is 0 Å². The van der Waals surface area contributed by atoms with E-state index in [1.165, 1.54) is 0 Å². The van der Waals surface area contributed by atoms with Gasteiger partial charge >= 0.3 is 29.8 Å². The van der Waals surface area contributed by atoms with E-state index in [4.69, 9.17) is 33.2 Å². The topological polar surface area (TPSA) is 150 Å². The van der Waals surface area contributed by atoms with Gasteiger partial charge in [-0.05, 0) is 12.5 Å². The highest BCUT2D eigenvalue weighted by molar-refractivity contribution is 5.78. The van der Waals surface area contributed by atoms with Crippen LogP contribution in [0.4, 0.5) is 0 Å². The monoisotopic (exact) mass is 496 g/mol. The zero-order chi connectivity index (χ0) is 26.1. The molecule has 1 aromatic rings. The van der Waals surface area contributed by atoms with Crippen molar-refractivity contribution in [2.45, 2.75) is 64.5 Å². The van der Waals surface area contributed by atoms with Crippen LogP contribution in [-0.2, 0) is 57.1 Å². The van der Waals surface area contributed by atoms with Crippen LogP contribution in [0.1, 0.15) is 39.4 Å². The molecule has 1 heterocycles. The van der Waals surface area contributed by atoms with Gasteiger partial charge in [0.2, 0.25) is 6.29 Å². The van der Waals surface area contributed by atoms with Crippen LogP contribution in [-0.4, -0.2) is 74.3 Å². The van der Waals surface area contributed by atoms with Crippen molar-refractivity contribution in [2.75, 3.05) is 13.7 Å². The molecule has 0 amide bonds. The van der Waals surface area contributed by atoms with E-state index in [9.17, 15) is 24.0 Å². The van der Waals surface area contributed by atoms with E-state index in [0.29, 0.717) is 5.56 Å². The zero-order valence-electron chi connectivity index (χ0n) is 20.0. The molecule has 0 radical (unpaired) electrons. The number of carbonyl (C=O) groups is 5. The minimum atomic E-state index is -1.65. The third kappa shape index (κ3) is 7.49. The summed E-state index contributed by atoms with van der Waals surface area (Å²) < 4.78 is 37.2. The van der Waals surface area contributed by atoms with E-state index >= 15 is 0 Å². The largest absolute Gasteiger partial charge is 0.467 e. The van der Waals surface area contributed by atoms with Crippen LogP contribution in [0.25, 0.3) is 0 Å². The minimum absolute atomic E-state index is 0.0415. The molecule has 1 fully saturated rings. The van der Waals surface area contributed by atoms with Gasteiger partial charge in [0.05, 0.1) is 13.7 Å². The number of rotatable bonds is 9. The van der Waals surface area contributed by atoms with Crippen LogP contribution in [0, 0.1) is 0 Å². The summed E-state index contributed by atoms with van der Waals surface area (Å²) in [6, 6.07) is 8.22. The maximum atomic E-state index is 12.7. The molecule has 1 aliphatic heterocycles. The van der Waals surface area contributed by atoms with E-state index in [1.54, 1.807) is 37.3 Å². The quantitative estimate of drug-likeness (QED) is 0.354. The summed E-state index contributed by atoms with van der Waals surface area (Å²) in [5.41, 5.74) is 0.372. The molecule has 1 saturated heterocycles. The number of carbonyl (C=O) groups excluding carboxylic acids is 5. The summed E-state index contributed by atoms with van der Waals surface area (Å²) in [6.07, 6.45) is -9.30. The molecule has 0 bridgehead atoms. The van der Waals surface area contributed by atoms with E-state index in [1.807, 2.05) is 0 Å². The molecule has 12 nitrogen and oxygen atoms in total. The summed E-state index contributed by atoms with van der Waals surface area (Å²) in [5.74, 6) is -4.27. The Labute approximate surface area is 201 Å². The normalized spacial score (nSPS) is 24.4. The molecule has 12 heteroatoms. The van der Waals surface area contributed by atoms with Crippen LogP contribution in [0.2, 0.25) is 0 Å². The fourth-order valence-electron chi connectivity index (χ4n) is 3.44. The van der Waals surface area contributed by atoms with Gasteiger partial charge in [0.25, 0.3) is 0 Å². The van der Waals surface area contributed by atoms with Crippen molar-refractivity contribution in [1.82, 2.24) is 0 Å². The Bertz CT molecular complexity index is 914. The zero-order valence-corrected chi connectivity index (χ0v) is 20.0. The Balaban J connectivity index is 2.56. The van der Waals surface area contributed by atoms with Crippen LogP contribution >= 0.6 is 0 Å². The first-order valence-electron chi connectivity index (χ1n) is 10.7. The van der Waals surface area contributed by atoms with Gasteiger partial charge in [-0.2, -0.15) is 0 Å². The van der Waals surface area contributed by atoms with Gasteiger partial charge in [0, 0.05) is 20.8 Å². The lowest BCUT2D eigenvalue weighted by molar-refractivity contribution is -0.310. The maximum Gasteiger partial charge on any atom is 0.340 e. The first-order chi connectivity index (χ1) is 16.6. The Hall–Kier alpha value is -3.51. The molecule has 0 N–H and O–H groups in total. The predicted molar refractivity (Wildman–Crippen MR) is 114 cm³/mol. The second-order valence-electron chi connectivity index (χ2n) is 7.35. The van der Waals surface area contributed by atoms with Crippen molar-refractivity contribution in [1.29, 1.82) is 0 Å². The van der Waals surface area contributed by atoms with Crippen molar-refractivity contribution in [3.8, 4) is 0 Å². The summed E-state index contributed by atoms with van der Waals surface area (Å²) in [6.45, 7) is 4.86. The van der Waals surface area contributed by atoms with Crippen molar-refractivity contribution < 1.29 is 57.1 Å². The van der Waals surface area contributed by atoms with E-state index < -0.39 is 66.7 Å². The van der Waals surface area contributed by atoms with Gasteiger partial charge in [0.15, 0.2) is 30.5 Å². The third-order valence-electron chi connectivity index (χ3n) is 4.71. The lowest BCUT2D eigenvalue weighted by Crippen LogP contribution is -2.64. The molecule has 2 rings (SSSR count). The van der Waals surface area contributed by atoms with Crippen LogP contribution in [0.5, 0.6) is 0 Å². The first-order valence-corrected chi connectivity index (χ1v) is 10.7. The Kier molecular flexibility index (Phi) is 10.2. The van der Waals surface area contributed by atoms with Crippen molar-refractivity contribution >= 4 is 29.8 Å².